The molecule has 1 fully saturated rings. The van der Waals surface area contributed by atoms with Crippen LogP contribution in [-0.4, -0.2) is 67.3 Å². The molecule has 2 radical (unpaired) electrons. The lowest BCUT2D eigenvalue weighted by atomic mass is 9.95. The number of anilines is 1. The Labute approximate surface area is 162 Å². The molecule has 10 nitrogen and oxygen atoms in total. The van der Waals surface area contributed by atoms with Gasteiger partial charge in [0.05, 0.1) is 11.4 Å². The molecule has 0 saturated carbocycles. The number of benzene rings is 1. The third-order valence-corrected chi connectivity index (χ3v) is 6.02. The van der Waals surface area contributed by atoms with Crippen molar-refractivity contribution in [2.45, 2.75) is 12.8 Å². The Balaban J connectivity index is 1.70. The quantitative estimate of drug-likeness (QED) is 0.250. The van der Waals surface area contributed by atoms with E-state index >= 15 is 0 Å². The molecule has 148 valence electrons. The van der Waals surface area contributed by atoms with Crippen LogP contribution < -0.4 is 16.3 Å². The SMILES string of the molecule is [B]c1cc(N=C(NO)c2nonc2NCCS(=O)(=O)N2CCCC2)ccc1F. The molecule has 0 bridgehead atoms. The molecule has 3 N–H and O–H groups in total. The van der Waals surface area contributed by atoms with E-state index in [1.54, 1.807) is 0 Å². The lowest BCUT2D eigenvalue weighted by Crippen LogP contribution is -2.32. The van der Waals surface area contributed by atoms with Gasteiger partial charge in [0.25, 0.3) is 0 Å². The van der Waals surface area contributed by atoms with E-state index in [4.69, 9.17) is 7.85 Å². The minimum atomic E-state index is -3.36. The van der Waals surface area contributed by atoms with Crippen molar-refractivity contribution >= 4 is 40.7 Å². The average Bonchev–Trinajstić information content (AvgIpc) is 3.35. The van der Waals surface area contributed by atoms with Crippen LogP contribution in [0.3, 0.4) is 0 Å². The van der Waals surface area contributed by atoms with Crippen LogP contribution in [-0.2, 0) is 10.0 Å². The number of rotatable bonds is 7. The van der Waals surface area contributed by atoms with Crippen LogP contribution in [0.15, 0.2) is 27.8 Å². The number of hydroxylamine groups is 1. The van der Waals surface area contributed by atoms with Gasteiger partial charge in [0.1, 0.15) is 13.7 Å². The summed E-state index contributed by atoms with van der Waals surface area (Å²) in [5.41, 5.74) is 2.02. The zero-order chi connectivity index (χ0) is 20.1. The minimum absolute atomic E-state index is 0.0176. The van der Waals surface area contributed by atoms with Gasteiger partial charge in [-0.15, -0.1) is 0 Å². The molecular formula is C15H18BFN6O4S. The Bertz CT molecular complexity index is 961. The van der Waals surface area contributed by atoms with Crippen molar-refractivity contribution in [2.75, 3.05) is 30.7 Å². The van der Waals surface area contributed by atoms with Crippen molar-refractivity contribution in [2.24, 2.45) is 4.99 Å². The molecule has 3 rings (SSSR count). The van der Waals surface area contributed by atoms with E-state index in [9.17, 15) is 18.0 Å². The number of hydrogen-bond donors (Lipinski definition) is 3. The molecule has 0 aliphatic carbocycles. The van der Waals surface area contributed by atoms with Crippen molar-refractivity contribution in [3.63, 3.8) is 0 Å². The fourth-order valence-corrected chi connectivity index (χ4v) is 4.15. The van der Waals surface area contributed by atoms with Crippen LogP contribution in [0, 0.1) is 5.82 Å². The lowest BCUT2D eigenvalue weighted by molar-refractivity contribution is 0.234. The number of nitrogens with zero attached hydrogens (tertiary/aromatic N) is 4. The molecule has 1 aromatic heterocycles. The average molecular weight is 408 g/mol. The van der Waals surface area contributed by atoms with Gasteiger partial charge in [-0.1, -0.05) is 5.46 Å². The van der Waals surface area contributed by atoms with Gasteiger partial charge in [0.15, 0.2) is 11.5 Å². The van der Waals surface area contributed by atoms with Gasteiger partial charge >= 0.3 is 0 Å². The number of halogens is 1. The number of aliphatic imine (C=N–C) groups is 1. The second-order valence-corrected chi connectivity index (χ2v) is 8.18. The van der Waals surface area contributed by atoms with Gasteiger partial charge in [0.2, 0.25) is 15.8 Å². The van der Waals surface area contributed by atoms with E-state index in [0.29, 0.717) is 13.1 Å². The maximum absolute atomic E-state index is 13.3. The van der Waals surface area contributed by atoms with E-state index < -0.39 is 15.8 Å². The van der Waals surface area contributed by atoms with Gasteiger partial charge in [-0.25, -0.2) is 26.7 Å². The van der Waals surface area contributed by atoms with E-state index in [-0.39, 0.29) is 40.8 Å². The molecule has 1 aliphatic rings. The standard InChI is InChI=1S/C15H18BFN6O4S/c16-11-9-10(3-4-12(11)17)19-15(20-24)13-14(22-27-21-13)18-5-8-28(25,26)23-6-1-2-7-23/h3-4,9,24H,1-2,5-8H2,(H,18,22)(H,19,20). The van der Waals surface area contributed by atoms with Crippen LogP contribution in [0.1, 0.15) is 18.5 Å². The summed E-state index contributed by atoms with van der Waals surface area (Å²) < 4.78 is 43.9. The molecule has 1 aromatic carbocycles. The predicted molar refractivity (Wildman–Crippen MR) is 100 cm³/mol. The first-order valence-corrected chi connectivity index (χ1v) is 10.1. The van der Waals surface area contributed by atoms with Crippen LogP contribution in [0.4, 0.5) is 15.9 Å². The molecule has 2 aromatic rings. The maximum Gasteiger partial charge on any atom is 0.215 e. The van der Waals surface area contributed by atoms with E-state index in [2.05, 4.69) is 25.3 Å². The highest BCUT2D eigenvalue weighted by atomic mass is 32.2. The normalized spacial score (nSPS) is 15.7. The summed E-state index contributed by atoms with van der Waals surface area (Å²) in [6.45, 7) is 1.12. The molecule has 0 spiro atoms. The van der Waals surface area contributed by atoms with Crippen molar-refractivity contribution in [1.82, 2.24) is 20.1 Å². The molecule has 1 aliphatic heterocycles. The van der Waals surface area contributed by atoms with Crippen molar-refractivity contribution in [1.29, 1.82) is 0 Å². The van der Waals surface area contributed by atoms with Gasteiger partial charge in [-0.3, -0.25) is 10.7 Å². The molecule has 0 unspecified atom stereocenters. The number of amidine groups is 1. The van der Waals surface area contributed by atoms with Crippen LogP contribution >= 0.6 is 0 Å². The zero-order valence-electron chi connectivity index (χ0n) is 14.8. The molecule has 0 atom stereocenters. The summed E-state index contributed by atoms with van der Waals surface area (Å²) in [5, 5.41) is 19.5. The van der Waals surface area contributed by atoms with E-state index in [1.165, 1.54) is 16.4 Å². The first kappa shape index (κ1) is 20.2. The third kappa shape index (κ3) is 4.66. The van der Waals surface area contributed by atoms with Crippen molar-refractivity contribution in [3.05, 3.63) is 29.7 Å². The van der Waals surface area contributed by atoms with Gasteiger partial charge in [-0.2, -0.15) is 0 Å². The molecule has 1 saturated heterocycles. The predicted octanol–water partition coefficient (Wildman–Crippen LogP) is -0.103. The van der Waals surface area contributed by atoms with Gasteiger partial charge in [-0.05, 0) is 41.4 Å². The fourth-order valence-electron chi connectivity index (χ4n) is 2.71. The summed E-state index contributed by atoms with van der Waals surface area (Å²) in [6, 6.07) is 3.76. The lowest BCUT2D eigenvalue weighted by Gasteiger charge is -2.15. The zero-order valence-corrected chi connectivity index (χ0v) is 15.6. The number of sulfonamides is 1. The van der Waals surface area contributed by atoms with Crippen molar-refractivity contribution < 1.29 is 22.6 Å². The fraction of sp³-hybridized carbons (Fsp3) is 0.400. The molecular weight excluding hydrogens is 390 g/mol. The van der Waals surface area contributed by atoms with Gasteiger partial charge in [0, 0.05) is 19.6 Å². The van der Waals surface area contributed by atoms with Crippen molar-refractivity contribution in [3.8, 4) is 0 Å². The number of nitrogens with one attached hydrogen (secondary N) is 2. The molecule has 2 heterocycles. The highest BCUT2D eigenvalue weighted by Crippen LogP contribution is 2.16. The Morgan fingerprint density at radius 1 is 1.36 bits per heavy atom. The van der Waals surface area contributed by atoms with Crippen LogP contribution in [0.25, 0.3) is 0 Å². The monoisotopic (exact) mass is 408 g/mol. The number of aromatic nitrogens is 2. The maximum atomic E-state index is 13.3. The first-order valence-electron chi connectivity index (χ1n) is 8.49. The van der Waals surface area contributed by atoms with E-state index in [1.807, 2.05) is 5.48 Å². The summed E-state index contributed by atoms with van der Waals surface area (Å²) in [6.07, 6.45) is 1.72. The Hall–Kier alpha value is -2.51. The Kier molecular flexibility index (Phi) is 6.26. The largest absolute Gasteiger partial charge is 0.364 e. The number of hydrogen-bond acceptors (Lipinski definition) is 8. The molecule has 0 amide bonds. The second-order valence-electron chi connectivity index (χ2n) is 6.09. The summed E-state index contributed by atoms with van der Waals surface area (Å²) >= 11 is 0. The molecule has 13 heteroatoms. The smallest absolute Gasteiger partial charge is 0.215 e. The summed E-state index contributed by atoms with van der Waals surface area (Å²) in [7, 11) is 2.14. The minimum Gasteiger partial charge on any atom is -0.364 e. The highest BCUT2D eigenvalue weighted by Gasteiger charge is 2.25. The summed E-state index contributed by atoms with van der Waals surface area (Å²) in [5.74, 6) is -0.779. The second kappa shape index (κ2) is 8.67. The highest BCUT2D eigenvalue weighted by molar-refractivity contribution is 7.89. The topological polar surface area (TPSA) is 133 Å². The van der Waals surface area contributed by atoms with Gasteiger partial charge < -0.3 is 5.32 Å². The van der Waals surface area contributed by atoms with Crippen LogP contribution in [0.2, 0.25) is 0 Å². The Morgan fingerprint density at radius 2 is 2.11 bits per heavy atom. The third-order valence-electron chi connectivity index (χ3n) is 4.15. The molecule has 28 heavy (non-hydrogen) atoms. The first-order chi connectivity index (χ1) is 13.4. The summed E-state index contributed by atoms with van der Waals surface area (Å²) in [4.78, 5) is 4.08. The Morgan fingerprint density at radius 3 is 2.79 bits per heavy atom. The van der Waals surface area contributed by atoms with E-state index in [0.717, 1.165) is 18.9 Å². The van der Waals surface area contributed by atoms with Crippen LogP contribution in [0.5, 0.6) is 0 Å².